The van der Waals surface area contributed by atoms with Crippen molar-refractivity contribution in [3.63, 3.8) is 0 Å². The van der Waals surface area contributed by atoms with Gasteiger partial charge in [0.2, 0.25) is 5.91 Å². The maximum atomic E-state index is 12.3. The molecule has 0 heterocycles. The Morgan fingerprint density at radius 1 is 1.18 bits per heavy atom. The van der Waals surface area contributed by atoms with Gasteiger partial charge in [0.05, 0.1) is 13.0 Å². The molecule has 0 spiro atoms. The van der Waals surface area contributed by atoms with E-state index in [4.69, 9.17) is 9.84 Å². The molecule has 1 atom stereocenters. The van der Waals surface area contributed by atoms with E-state index >= 15 is 0 Å². The number of methoxy groups -OCH3 is 1. The van der Waals surface area contributed by atoms with E-state index < -0.39 is 11.9 Å². The number of nitrogens with zero attached hydrogens (tertiary/aromatic N) is 1. The van der Waals surface area contributed by atoms with Crippen LogP contribution in [-0.4, -0.2) is 42.6 Å². The number of ether oxygens (including phenoxy) is 1. The highest BCUT2D eigenvalue weighted by Gasteiger charge is 2.21. The first-order valence-electron chi connectivity index (χ1n) is 6.97. The molecule has 0 bridgehead atoms. The Bertz CT molecular complexity index is 711. The normalized spacial score (nSPS) is 12.0. The number of carbonyl (C=O) groups excluding carboxylic acids is 1. The minimum absolute atomic E-state index is 0.213. The Morgan fingerprint density at radius 2 is 1.82 bits per heavy atom. The second-order valence-corrected chi connectivity index (χ2v) is 5.28. The van der Waals surface area contributed by atoms with Crippen molar-refractivity contribution in [3.8, 4) is 5.75 Å². The lowest BCUT2D eigenvalue weighted by atomic mass is 9.96. The number of amides is 1. The molecule has 22 heavy (non-hydrogen) atoms. The molecule has 0 aliphatic carbocycles. The van der Waals surface area contributed by atoms with Gasteiger partial charge >= 0.3 is 5.97 Å². The Kier molecular flexibility index (Phi) is 4.65. The summed E-state index contributed by atoms with van der Waals surface area (Å²) in [7, 11) is 3.12. The standard InChI is InChI=1S/C17H19NO4/c1-11(17(21)18(2)10-16(19)20)12-4-5-14-9-15(22-3)7-6-13(14)8-12/h4-9,11H,10H2,1-3H3,(H,19,20)/t11-/m0/s1. The number of carbonyl (C=O) groups is 2. The summed E-state index contributed by atoms with van der Waals surface area (Å²) in [6, 6.07) is 11.5. The van der Waals surface area contributed by atoms with Crippen molar-refractivity contribution < 1.29 is 19.4 Å². The summed E-state index contributed by atoms with van der Waals surface area (Å²) in [5.41, 5.74) is 0.861. The number of likely N-dealkylation sites (N-methyl/N-ethyl adjacent to an activating group) is 1. The summed E-state index contributed by atoms with van der Waals surface area (Å²) in [6.45, 7) is 1.49. The largest absolute Gasteiger partial charge is 0.497 e. The zero-order valence-electron chi connectivity index (χ0n) is 12.9. The SMILES string of the molecule is COc1ccc2cc([C@H](C)C(=O)N(C)CC(=O)O)ccc2c1. The lowest BCUT2D eigenvalue weighted by molar-refractivity contribution is -0.143. The first-order valence-corrected chi connectivity index (χ1v) is 6.97. The number of hydrogen-bond donors (Lipinski definition) is 1. The van der Waals surface area contributed by atoms with E-state index in [0.29, 0.717) is 0 Å². The molecule has 2 aromatic carbocycles. The van der Waals surface area contributed by atoms with Crippen LogP contribution in [0, 0.1) is 0 Å². The highest BCUT2D eigenvalue weighted by molar-refractivity contribution is 5.89. The molecular formula is C17H19NO4. The molecule has 0 aliphatic heterocycles. The minimum Gasteiger partial charge on any atom is -0.497 e. The molecule has 0 aromatic heterocycles. The summed E-state index contributed by atoms with van der Waals surface area (Å²) in [5.74, 6) is -0.842. The number of rotatable bonds is 5. The predicted octanol–water partition coefficient (Wildman–Crippen LogP) is 2.49. The summed E-state index contributed by atoms with van der Waals surface area (Å²) in [4.78, 5) is 24.2. The number of carboxylic acids is 1. The van der Waals surface area contributed by atoms with Gasteiger partial charge in [0, 0.05) is 7.05 Å². The summed E-state index contributed by atoms with van der Waals surface area (Å²) in [5, 5.41) is 10.8. The van der Waals surface area contributed by atoms with Crippen molar-refractivity contribution in [2.24, 2.45) is 0 Å². The van der Waals surface area contributed by atoms with Gasteiger partial charge in [0.15, 0.2) is 0 Å². The van der Waals surface area contributed by atoms with Crippen LogP contribution in [0.3, 0.4) is 0 Å². The average molecular weight is 301 g/mol. The summed E-state index contributed by atoms with van der Waals surface area (Å²) in [6.07, 6.45) is 0. The number of fused-ring (bicyclic) bond motifs is 1. The number of benzene rings is 2. The van der Waals surface area contributed by atoms with E-state index in [1.807, 2.05) is 36.4 Å². The number of carboxylic acid groups (broad SMARTS) is 1. The molecule has 0 radical (unpaired) electrons. The van der Waals surface area contributed by atoms with Crippen molar-refractivity contribution in [3.05, 3.63) is 42.0 Å². The topological polar surface area (TPSA) is 66.8 Å². The fourth-order valence-corrected chi connectivity index (χ4v) is 2.39. The molecule has 5 heteroatoms. The van der Waals surface area contributed by atoms with Gasteiger partial charge in [-0.2, -0.15) is 0 Å². The lowest BCUT2D eigenvalue weighted by Gasteiger charge is -2.20. The van der Waals surface area contributed by atoms with E-state index in [2.05, 4.69) is 0 Å². The molecule has 5 nitrogen and oxygen atoms in total. The van der Waals surface area contributed by atoms with Crippen molar-refractivity contribution in [1.82, 2.24) is 4.90 Å². The Labute approximate surface area is 129 Å². The van der Waals surface area contributed by atoms with Gasteiger partial charge in [-0.3, -0.25) is 9.59 Å². The molecule has 1 amide bonds. The second kappa shape index (κ2) is 6.47. The number of hydrogen-bond acceptors (Lipinski definition) is 3. The molecule has 0 aliphatic rings. The monoisotopic (exact) mass is 301 g/mol. The van der Waals surface area contributed by atoms with Crippen LogP contribution in [0.5, 0.6) is 5.75 Å². The third-order valence-corrected chi connectivity index (χ3v) is 3.69. The highest BCUT2D eigenvalue weighted by atomic mass is 16.5. The van der Waals surface area contributed by atoms with Crippen LogP contribution in [-0.2, 0) is 9.59 Å². The third kappa shape index (κ3) is 3.36. The average Bonchev–Trinajstić information content (AvgIpc) is 2.51. The smallest absolute Gasteiger partial charge is 0.323 e. The zero-order chi connectivity index (χ0) is 16.3. The van der Waals surface area contributed by atoms with Gasteiger partial charge in [0.1, 0.15) is 12.3 Å². The minimum atomic E-state index is -1.02. The molecule has 0 unspecified atom stereocenters. The van der Waals surface area contributed by atoms with Crippen LogP contribution in [0.1, 0.15) is 18.4 Å². The van der Waals surface area contributed by atoms with Gasteiger partial charge in [-0.1, -0.05) is 24.3 Å². The van der Waals surface area contributed by atoms with Crippen molar-refractivity contribution >= 4 is 22.6 Å². The molecule has 0 saturated heterocycles. The zero-order valence-corrected chi connectivity index (χ0v) is 12.9. The van der Waals surface area contributed by atoms with Crippen LogP contribution < -0.4 is 4.74 Å². The van der Waals surface area contributed by atoms with E-state index in [1.165, 1.54) is 11.9 Å². The van der Waals surface area contributed by atoms with Crippen molar-refractivity contribution in [2.45, 2.75) is 12.8 Å². The van der Waals surface area contributed by atoms with Crippen LogP contribution in [0.25, 0.3) is 10.8 Å². The summed E-state index contributed by atoms with van der Waals surface area (Å²) < 4.78 is 5.19. The third-order valence-electron chi connectivity index (χ3n) is 3.69. The molecule has 2 aromatic rings. The van der Waals surface area contributed by atoms with Crippen molar-refractivity contribution in [1.29, 1.82) is 0 Å². The quantitative estimate of drug-likeness (QED) is 0.921. The van der Waals surface area contributed by atoms with Crippen LogP contribution >= 0.6 is 0 Å². The highest BCUT2D eigenvalue weighted by Crippen LogP contribution is 2.25. The fraction of sp³-hybridized carbons (Fsp3) is 0.294. The molecule has 2 rings (SSSR count). The predicted molar refractivity (Wildman–Crippen MR) is 84.2 cm³/mol. The molecular weight excluding hydrogens is 282 g/mol. The maximum Gasteiger partial charge on any atom is 0.323 e. The van der Waals surface area contributed by atoms with Gasteiger partial charge in [-0.15, -0.1) is 0 Å². The van der Waals surface area contributed by atoms with Gasteiger partial charge in [-0.05, 0) is 35.4 Å². The van der Waals surface area contributed by atoms with Gasteiger partial charge in [0.25, 0.3) is 0 Å². The van der Waals surface area contributed by atoms with E-state index in [-0.39, 0.29) is 12.5 Å². The van der Waals surface area contributed by atoms with E-state index in [1.54, 1.807) is 14.0 Å². The van der Waals surface area contributed by atoms with E-state index in [9.17, 15) is 9.59 Å². The Balaban J connectivity index is 2.26. The molecule has 0 fully saturated rings. The first kappa shape index (κ1) is 15.8. The summed E-state index contributed by atoms with van der Waals surface area (Å²) >= 11 is 0. The fourth-order valence-electron chi connectivity index (χ4n) is 2.39. The van der Waals surface area contributed by atoms with Gasteiger partial charge < -0.3 is 14.7 Å². The Morgan fingerprint density at radius 3 is 2.45 bits per heavy atom. The van der Waals surface area contributed by atoms with Crippen LogP contribution in [0.2, 0.25) is 0 Å². The molecule has 1 N–H and O–H groups in total. The second-order valence-electron chi connectivity index (χ2n) is 5.28. The van der Waals surface area contributed by atoms with Crippen LogP contribution in [0.15, 0.2) is 36.4 Å². The molecule has 0 saturated carbocycles. The number of aliphatic carboxylic acids is 1. The maximum absolute atomic E-state index is 12.3. The Hall–Kier alpha value is -2.56. The van der Waals surface area contributed by atoms with Gasteiger partial charge in [-0.25, -0.2) is 0 Å². The van der Waals surface area contributed by atoms with Crippen molar-refractivity contribution in [2.75, 3.05) is 20.7 Å². The molecule has 116 valence electrons. The van der Waals surface area contributed by atoms with Crippen LogP contribution in [0.4, 0.5) is 0 Å². The first-order chi connectivity index (χ1) is 10.4. The van der Waals surface area contributed by atoms with E-state index in [0.717, 1.165) is 22.1 Å². The lowest BCUT2D eigenvalue weighted by Crippen LogP contribution is -2.34.